The van der Waals surface area contributed by atoms with E-state index in [1.54, 1.807) is 0 Å². The van der Waals surface area contributed by atoms with Crippen molar-refractivity contribution < 1.29 is 4.74 Å². The van der Waals surface area contributed by atoms with Crippen molar-refractivity contribution in [1.82, 2.24) is 0 Å². The Morgan fingerprint density at radius 2 is 1.79 bits per heavy atom. The summed E-state index contributed by atoms with van der Waals surface area (Å²) in [6.07, 6.45) is 2.17. The topological polar surface area (TPSA) is 21.3 Å². The molecule has 0 amide bonds. The molecule has 1 heterocycles. The molecule has 0 atom stereocenters. The predicted molar refractivity (Wildman–Crippen MR) is 58.5 cm³/mol. The average molecular weight is 191 g/mol. The summed E-state index contributed by atoms with van der Waals surface area (Å²) in [6, 6.07) is 10.4. The fourth-order valence-electron chi connectivity index (χ4n) is 1.82. The van der Waals surface area contributed by atoms with Crippen LogP contribution in [-0.4, -0.2) is 18.8 Å². The Labute approximate surface area is 85.3 Å². The molecular weight excluding hydrogens is 174 g/mol. The lowest BCUT2D eigenvalue weighted by atomic mass is 9.92. The van der Waals surface area contributed by atoms with Gasteiger partial charge in [0, 0.05) is 24.4 Å². The van der Waals surface area contributed by atoms with Crippen molar-refractivity contribution in [3.63, 3.8) is 0 Å². The first-order valence-electron chi connectivity index (χ1n) is 5.20. The Bertz CT molecular complexity index is 278. The van der Waals surface area contributed by atoms with Crippen molar-refractivity contribution in [1.29, 1.82) is 0 Å². The van der Waals surface area contributed by atoms with Crippen molar-refractivity contribution in [2.24, 2.45) is 0 Å². The molecule has 0 radical (unpaired) electrons. The summed E-state index contributed by atoms with van der Waals surface area (Å²) >= 11 is 0. The molecule has 0 unspecified atom stereocenters. The van der Waals surface area contributed by atoms with Gasteiger partial charge in [-0.05, 0) is 31.9 Å². The van der Waals surface area contributed by atoms with E-state index in [2.05, 4.69) is 36.5 Å². The molecule has 0 saturated carbocycles. The molecule has 76 valence electrons. The monoisotopic (exact) mass is 191 g/mol. The molecule has 1 saturated heterocycles. The van der Waals surface area contributed by atoms with Gasteiger partial charge < -0.3 is 10.1 Å². The first-order chi connectivity index (χ1) is 6.79. The highest BCUT2D eigenvalue weighted by molar-refractivity contribution is 5.45. The number of nitrogens with one attached hydrogen (secondary N) is 1. The van der Waals surface area contributed by atoms with Crippen LogP contribution in [0.1, 0.15) is 19.8 Å². The van der Waals surface area contributed by atoms with E-state index >= 15 is 0 Å². The number of benzene rings is 1. The summed E-state index contributed by atoms with van der Waals surface area (Å²) in [7, 11) is 0. The maximum absolute atomic E-state index is 5.36. The lowest BCUT2D eigenvalue weighted by Gasteiger charge is -2.35. The van der Waals surface area contributed by atoms with E-state index in [9.17, 15) is 0 Å². The molecule has 1 aliphatic heterocycles. The van der Waals surface area contributed by atoms with E-state index in [0.29, 0.717) is 0 Å². The molecule has 1 aliphatic rings. The molecule has 0 aromatic heterocycles. The molecule has 2 nitrogen and oxygen atoms in total. The van der Waals surface area contributed by atoms with Crippen molar-refractivity contribution in [3.05, 3.63) is 30.3 Å². The third-order valence-electron chi connectivity index (χ3n) is 2.82. The third kappa shape index (κ3) is 2.26. The lowest BCUT2D eigenvalue weighted by Crippen LogP contribution is -2.40. The minimum absolute atomic E-state index is 0.208. The maximum atomic E-state index is 5.36. The minimum Gasteiger partial charge on any atom is -0.381 e. The Morgan fingerprint density at radius 3 is 2.43 bits per heavy atom. The highest BCUT2D eigenvalue weighted by Crippen LogP contribution is 2.24. The van der Waals surface area contributed by atoms with Gasteiger partial charge in [-0.3, -0.25) is 0 Å². The quantitative estimate of drug-likeness (QED) is 0.776. The van der Waals surface area contributed by atoms with Gasteiger partial charge >= 0.3 is 0 Å². The minimum atomic E-state index is 0.208. The second-order valence-electron chi connectivity index (χ2n) is 4.16. The molecule has 1 aromatic rings. The maximum Gasteiger partial charge on any atom is 0.0488 e. The first-order valence-corrected chi connectivity index (χ1v) is 5.20. The van der Waals surface area contributed by atoms with Gasteiger partial charge in [0.25, 0.3) is 0 Å². The van der Waals surface area contributed by atoms with Gasteiger partial charge in [-0.15, -0.1) is 0 Å². The zero-order chi connectivity index (χ0) is 9.86. The normalized spacial score (nSPS) is 20.4. The second-order valence-corrected chi connectivity index (χ2v) is 4.16. The van der Waals surface area contributed by atoms with Crippen LogP contribution in [0.2, 0.25) is 0 Å². The zero-order valence-electron chi connectivity index (χ0n) is 8.62. The lowest BCUT2D eigenvalue weighted by molar-refractivity contribution is 0.0658. The van der Waals surface area contributed by atoms with Crippen LogP contribution in [-0.2, 0) is 4.74 Å². The van der Waals surface area contributed by atoms with Gasteiger partial charge in [0.05, 0.1) is 0 Å². The predicted octanol–water partition coefficient (Wildman–Crippen LogP) is 2.67. The second kappa shape index (κ2) is 4.01. The van der Waals surface area contributed by atoms with E-state index in [0.717, 1.165) is 26.1 Å². The van der Waals surface area contributed by atoms with E-state index in [1.807, 2.05) is 6.07 Å². The van der Waals surface area contributed by atoms with Crippen LogP contribution >= 0.6 is 0 Å². The SMILES string of the molecule is CC1(Nc2ccccc2)CCOCC1. The molecule has 2 heteroatoms. The van der Waals surface area contributed by atoms with Gasteiger partial charge in [0.15, 0.2) is 0 Å². The van der Waals surface area contributed by atoms with Gasteiger partial charge in [-0.25, -0.2) is 0 Å². The van der Waals surface area contributed by atoms with Gasteiger partial charge in [0.1, 0.15) is 0 Å². The average Bonchev–Trinajstić information content (AvgIpc) is 2.19. The summed E-state index contributed by atoms with van der Waals surface area (Å²) in [5.41, 5.74) is 1.41. The Balaban J connectivity index is 2.02. The first kappa shape index (κ1) is 9.53. The van der Waals surface area contributed by atoms with Gasteiger partial charge in [0.2, 0.25) is 0 Å². The van der Waals surface area contributed by atoms with Crippen LogP contribution in [0.15, 0.2) is 30.3 Å². The van der Waals surface area contributed by atoms with Gasteiger partial charge in [-0.2, -0.15) is 0 Å². The smallest absolute Gasteiger partial charge is 0.0488 e. The Morgan fingerprint density at radius 1 is 1.14 bits per heavy atom. The zero-order valence-corrected chi connectivity index (χ0v) is 8.62. The Kier molecular flexibility index (Phi) is 2.73. The number of hydrogen-bond acceptors (Lipinski definition) is 2. The molecule has 1 aromatic carbocycles. The van der Waals surface area contributed by atoms with E-state index in [-0.39, 0.29) is 5.54 Å². The highest BCUT2D eigenvalue weighted by Gasteiger charge is 2.26. The molecule has 1 N–H and O–H groups in total. The van der Waals surface area contributed by atoms with Crippen LogP contribution in [0.4, 0.5) is 5.69 Å². The number of anilines is 1. The molecule has 1 fully saturated rings. The van der Waals surface area contributed by atoms with Crippen molar-refractivity contribution in [2.75, 3.05) is 18.5 Å². The van der Waals surface area contributed by atoms with Crippen LogP contribution in [0.5, 0.6) is 0 Å². The fraction of sp³-hybridized carbons (Fsp3) is 0.500. The van der Waals surface area contributed by atoms with Crippen LogP contribution in [0.25, 0.3) is 0 Å². The number of para-hydroxylation sites is 1. The van der Waals surface area contributed by atoms with Gasteiger partial charge in [-0.1, -0.05) is 18.2 Å². The highest BCUT2D eigenvalue weighted by atomic mass is 16.5. The van der Waals surface area contributed by atoms with E-state index < -0.39 is 0 Å². The number of hydrogen-bond donors (Lipinski definition) is 1. The van der Waals surface area contributed by atoms with Crippen LogP contribution in [0, 0.1) is 0 Å². The number of ether oxygens (including phenoxy) is 1. The van der Waals surface area contributed by atoms with Crippen molar-refractivity contribution in [3.8, 4) is 0 Å². The Hall–Kier alpha value is -1.02. The molecule has 14 heavy (non-hydrogen) atoms. The largest absolute Gasteiger partial charge is 0.381 e. The molecule has 0 spiro atoms. The fourth-order valence-corrected chi connectivity index (χ4v) is 1.82. The molecular formula is C12H17NO. The molecule has 0 aliphatic carbocycles. The summed E-state index contributed by atoms with van der Waals surface area (Å²) < 4.78 is 5.36. The van der Waals surface area contributed by atoms with Crippen LogP contribution < -0.4 is 5.32 Å². The summed E-state index contributed by atoms with van der Waals surface area (Å²) in [4.78, 5) is 0. The summed E-state index contributed by atoms with van der Waals surface area (Å²) in [6.45, 7) is 4.01. The molecule has 2 rings (SSSR count). The van der Waals surface area contributed by atoms with E-state index in [4.69, 9.17) is 4.74 Å². The molecule has 0 bridgehead atoms. The number of rotatable bonds is 2. The summed E-state index contributed by atoms with van der Waals surface area (Å²) in [5.74, 6) is 0. The summed E-state index contributed by atoms with van der Waals surface area (Å²) in [5, 5.41) is 3.58. The van der Waals surface area contributed by atoms with E-state index in [1.165, 1.54) is 5.69 Å². The van der Waals surface area contributed by atoms with Crippen LogP contribution in [0.3, 0.4) is 0 Å². The van der Waals surface area contributed by atoms with Crippen molar-refractivity contribution in [2.45, 2.75) is 25.3 Å². The third-order valence-corrected chi connectivity index (χ3v) is 2.82. The van der Waals surface area contributed by atoms with Crippen molar-refractivity contribution >= 4 is 5.69 Å². The standard InChI is InChI=1S/C12H17NO/c1-12(7-9-14-10-8-12)13-11-5-3-2-4-6-11/h2-6,13H,7-10H2,1H3.